The summed E-state index contributed by atoms with van der Waals surface area (Å²) in [6, 6.07) is 6.16. The maximum Gasteiger partial charge on any atom is 0.303 e. The number of carbonyl (C=O) groups excluding carboxylic acids is 1. The van der Waals surface area contributed by atoms with Crippen molar-refractivity contribution in [2.45, 2.75) is 39.0 Å². The summed E-state index contributed by atoms with van der Waals surface area (Å²) in [6.07, 6.45) is 4.46. The molecule has 0 saturated heterocycles. The van der Waals surface area contributed by atoms with Crippen molar-refractivity contribution in [1.82, 2.24) is 10.3 Å². The van der Waals surface area contributed by atoms with E-state index in [1.807, 2.05) is 18.3 Å². The molecule has 0 aliphatic carbocycles. The highest BCUT2D eigenvalue weighted by atomic mass is 16.4. The van der Waals surface area contributed by atoms with Gasteiger partial charge in [0.1, 0.15) is 0 Å². The highest BCUT2D eigenvalue weighted by molar-refractivity contribution is 5.86. The Bertz CT molecular complexity index is 661. The monoisotopic (exact) mass is 302 g/mol. The van der Waals surface area contributed by atoms with E-state index in [-0.39, 0.29) is 12.3 Å². The molecule has 0 unspecified atom stereocenters. The van der Waals surface area contributed by atoms with Gasteiger partial charge < -0.3 is 15.4 Å². The van der Waals surface area contributed by atoms with Crippen molar-refractivity contribution < 1.29 is 14.7 Å². The molecule has 0 spiro atoms. The number of benzene rings is 1. The molecule has 0 radical (unpaired) electrons. The van der Waals surface area contributed by atoms with Crippen molar-refractivity contribution in [3.63, 3.8) is 0 Å². The van der Waals surface area contributed by atoms with Gasteiger partial charge in [0.15, 0.2) is 0 Å². The quantitative estimate of drug-likeness (QED) is 0.656. The number of unbranched alkanes of at least 4 members (excludes halogenated alkanes) is 1. The second-order valence-electron chi connectivity index (χ2n) is 5.51. The van der Waals surface area contributed by atoms with E-state index in [2.05, 4.69) is 23.3 Å². The van der Waals surface area contributed by atoms with E-state index < -0.39 is 5.97 Å². The third-order valence-corrected chi connectivity index (χ3v) is 3.76. The summed E-state index contributed by atoms with van der Waals surface area (Å²) >= 11 is 0. The molecule has 0 fully saturated rings. The van der Waals surface area contributed by atoms with Gasteiger partial charge in [-0.1, -0.05) is 12.1 Å². The number of amides is 1. The Hall–Kier alpha value is -2.30. The maximum atomic E-state index is 11.7. The average molecular weight is 302 g/mol. The van der Waals surface area contributed by atoms with Crippen molar-refractivity contribution in [2.75, 3.05) is 6.54 Å². The molecule has 5 heteroatoms. The van der Waals surface area contributed by atoms with Crippen LogP contribution in [0.2, 0.25) is 0 Å². The maximum absolute atomic E-state index is 11.7. The summed E-state index contributed by atoms with van der Waals surface area (Å²) < 4.78 is 0. The third-order valence-electron chi connectivity index (χ3n) is 3.76. The standard InChI is InChI=1S/C17H22N2O3/c1-12-5-4-6-14-17(12)13(11-19-14)9-10-18-15(20)7-2-3-8-16(21)22/h4-6,11,19H,2-3,7-10H2,1H3,(H,18,20)(H,21,22). The Labute approximate surface area is 129 Å². The molecule has 2 aromatic rings. The first-order chi connectivity index (χ1) is 10.6. The van der Waals surface area contributed by atoms with E-state index in [0.29, 0.717) is 25.8 Å². The van der Waals surface area contributed by atoms with Crippen LogP contribution in [0.3, 0.4) is 0 Å². The molecule has 118 valence electrons. The largest absolute Gasteiger partial charge is 0.481 e. The minimum Gasteiger partial charge on any atom is -0.481 e. The van der Waals surface area contributed by atoms with Crippen LogP contribution in [0.1, 0.15) is 36.8 Å². The van der Waals surface area contributed by atoms with Crippen molar-refractivity contribution in [3.8, 4) is 0 Å². The number of aliphatic carboxylic acids is 1. The Morgan fingerprint density at radius 2 is 2.00 bits per heavy atom. The summed E-state index contributed by atoms with van der Waals surface area (Å²) in [4.78, 5) is 25.3. The molecule has 5 nitrogen and oxygen atoms in total. The second-order valence-corrected chi connectivity index (χ2v) is 5.51. The zero-order valence-corrected chi connectivity index (χ0v) is 12.8. The Kier molecular flexibility index (Phi) is 5.58. The van der Waals surface area contributed by atoms with Gasteiger partial charge in [0.25, 0.3) is 0 Å². The number of carboxylic acids is 1. The minimum absolute atomic E-state index is 0.0121. The molecule has 0 atom stereocenters. The summed E-state index contributed by atoms with van der Waals surface area (Å²) in [5.74, 6) is -0.822. The third kappa shape index (κ3) is 4.35. The molecule has 22 heavy (non-hydrogen) atoms. The zero-order chi connectivity index (χ0) is 15.9. The smallest absolute Gasteiger partial charge is 0.303 e. The van der Waals surface area contributed by atoms with E-state index in [0.717, 1.165) is 11.9 Å². The summed E-state index contributed by atoms with van der Waals surface area (Å²) in [5, 5.41) is 12.7. The molecule has 3 N–H and O–H groups in total. The second kappa shape index (κ2) is 7.64. The molecule has 0 saturated carbocycles. The van der Waals surface area contributed by atoms with Gasteiger partial charge >= 0.3 is 5.97 Å². The van der Waals surface area contributed by atoms with Gasteiger partial charge in [-0.2, -0.15) is 0 Å². The van der Waals surface area contributed by atoms with Crippen LogP contribution in [0, 0.1) is 6.92 Å². The van der Waals surface area contributed by atoms with E-state index in [9.17, 15) is 9.59 Å². The molecular formula is C17H22N2O3. The highest BCUT2D eigenvalue weighted by Crippen LogP contribution is 2.22. The first-order valence-corrected chi connectivity index (χ1v) is 7.62. The first-order valence-electron chi connectivity index (χ1n) is 7.62. The van der Waals surface area contributed by atoms with Gasteiger partial charge in [0.05, 0.1) is 0 Å². The summed E-state index contributed by atoms with van der Waals surface area (Å²) in [5.41, 5.74) is 3.56. The fourth-order valence-corrected chi connectivity index (χ4v) is 2.64. The van der Waals surface area contributed by atoms with E-state index in [1.54, 1.807) is 0 Å². The van der Waals surface area contributed by atoms with Crippen LogP contribution in [-0.4, -0.2) is 28.5 Å². The summed E-state index contributed by atoms with van der Waals surface area (Å²) in [7, 11) is 0. The molecule has 0 aliphatic rings. The molecule has 1 aromatic carbocycles. The minimum atomic E-state index is -0.810. The number of nitrogens with one attached hydrogen (secondary N) is 2. The van der Waals surface area contributed by atoms with E-state index in [4.69, 9.17) is 5.11 Å². The van der Waals surface area contributed by atoms with Gasteiger partial charge in [0.2, 0.25) is 5.91 Å². The van der Waals surface area contributed by atoms with Crippen LogP contribution in [0.25, 0.3) is 10.9 Å². The number of carboxylic acid groups (broad SMARTS) is 1. The number of aromatic amines is 1. The number of carbonyl (C=O) groups is 2. The van der Waals surface area contributed by atoms with Crippen molar-refractivity contribution in [1.29, 1.82) is 0 Å². The topological polar surface area (TPSA) is 82.2 Å². The zero-order valence-electron chi connectivity index (χ0n) is 12.8. The summed E-state index contributed by atoms with van der Waals surface area (Å²) in [6.45, 7) is 2.68. The van der Waals surface area contributed by atoms with Gasteiger partial charge in [-0.15, -0.1) is 0 Å². The van der Waals surface area contributed by atoms with E-state index >= 15 is 0 Å². The lowest BCUT2D eigenvalue weighted by molar-refractivity contribution is -0.137. The van der Waals surface area contributed by atoms with Crippen molar-refractivity contribution in [2.24, 2.45) is 0 Å². The lowest BCUT2D eigenvalue weighted by Gasteiger charge is -2.05. The Balaban J connectivity index is 1.76. The van der Waals surface area contributed by atoms with Crippen LogP contribution in [0.5, 0.6) is 0 Å². The number of hydrogen-bond donors (Lipinski definition) is 3. The lowest BCUT2D eigenvalue weighted by atomic mass is 10.1. The number of hydrogen-bond acceptors (Lipinski definition) is 2. The number of H-pyrrole nitrogens is 1. The predicted molar refractivity (Wildman–Crippen MR) is 85.9 cm³/mol. The van der Waals surface area contributed by atoms with Crippen LogP contribution < -0.4 is 5.32 Å². The molecule has 2 rings (SSSR count). The van der Waals surface area contributed by atoms with Gasteiger partial charge in [0, 0.05) is 36.5 Å². The number of rotatable bonds is 8. The fourth-order valence-electron chi connectivity index (χ4n) is 2.64. The Morgan fingerprint density at radius 1 is 1.23 bits per heavy atom. The molecule has 1 aromatic heterocycles. The van der Waals surface area contributed by atoms with Gasteiger partial charge in [-0.3, -0.25) is 9.59 Å². The SMILES string of the molecule is Cc1cccc2[nH]cc(CCNC(=O)CCCCC(=O)O)c12. The van der Waals surface area contributed by atoms with Gasteiger partial charge in [-0.25, -0.2) is 0 Å². The molecule has 0 bridgehead atoms. The van der Waals surface area contributed by atoms with Crippen molar-refractivity contribution in [3.05, 3.63) is 35.5 Å². The van der Waals surface area contributed by atoms with Crippen molar-refractivity contribution >= 4 is 22.8 Å². The number of aryl methyl sites for hydroxylation is 1. The highest BCUT2D eigenvalue weighted by Gasteiger charge is 2.07. The van der Waals surface area contributed by atoms with Crippen LogP contribution in [0.4, 0.5) is 0 Å². The van der Waals surface area contributed by atoms with Crippen LogP contribution in [0.15, 0.2) is 24.4 Å². The van der Waals surface area contributed by atoms with Crippen LogP contribution in [-0.2, 0) is 16.0 Å². The normalized spacial score (nSPS) is 10.8. The number of aromatic nitrogens is 1. The molecule has 1 amide bonds. The first kappa shape index (κ1) is 16.1. The molecule has 0 aliphatic heterocycles. The Morgan fingerprint density at radius 3 is 2.77 bits per heavy atom. The molecular weight excluding hydrogens is 280 g/mol. The number of fused-ring (bicyclic) bond motifs is 1. The lowest BCUT2D eigenvalue weighted by Crippen LogP contribution is -2.25. The van der Waals surface area contributed by atoms with Crippen LogP contribution >= 0.6 is 0 Å². The van der Waals surface area contributed by atoms with E-state index in [1.165, 1.54) is 16.5 Å². The predicted octanol–water partition coefficient (Wildman–Crippen LogP) is 2.78. The van der Waals surface area contributed by atoms with Gasteiger partial charge in [-0.05, 0) is 43.4 Å². The molecule has 1 heterocycles. The average Bonchev–Trinajstić information content (AvgIpc) is 2.88. The fraction of sp³-hybridized carbons (Fsp3) is 0.412.